The van der Waals surface area contributed by atoms with E-state index in [1.807, 2.05) is 30.3 Å². The standard InChI is InChI=1S/C16H15BrN2O/c17-15-10-4-9-14(12-15)16(20)19-18-11-5-8-13-6-2-1-3-7-13/h1-4,6-7,9-12H,5,8H2,(H,19,20)/b18-11+. The summed E-state index contributed by atoms with van der Waals surface area (Å²) in [6.07, 6.45) is 3.43. The fraction of sp³-hybridized carbons (Fsp3) is 0.125. The van der Waals surface area contributed by atoms with E-state index >= 15 is 0 Å². The summed E-state index contributed by atoms with van der Waals surface area (Å²) in [6, 6.07) is 17.4. The Morgan fingerprint density at radius 2 is 1.95 bits per heavy atom. The molecule has 0 spiro atoms. The lowest BCUT2D eigenvalue weighted by molar-refractivity contribution is 0.0955. The lowest BCUT2D eigenvalue weighted by Crippen LogP contribution is -2.17. The molecule has 20 heavy (non-hydrogen) atoms. The molecule has 0 saturated heterocycles. The second-order valence-electron chi connectivity index (χ2n) is 4.29. The van der Waals surface area contributed by atoms with Crippen molar-refractivity contribution in [2.45, 2.75) is 12.8 Å². The number of carbonyl (C=O) groups excluding carboxylic acids is 1. The van der Waals surface area contributed by atoms with Crippen molar-refractivity contribution in [2.24, 2.45) is 5.10 Å². The minimum Gasteiger partial charge on any atom is -0.267 e. The van der Waals surface area contributed by atoms with Gasteiger partial charge in [-0.15, -0.1) is 0 Å². The number of halogens is 1. The van der Waals surface area contributed by atoms with Gasteiger partial charge in [0.05, 0.1) is 0 Å². The molecule has 0 aromatic heterocycles. The highest BCUT2D eigenvalue weighted by atomic mass is 79.9. The van der Waals surface area contributed by atoms with Crippen molar-refractivity contribution >= 4 is 28.1 Å². The summed E-state index contributed by atoms with van der Waals surface area (Å²) < 4.78 is 0.873. The highest BCUT2D eigenvalue weighted by molar-refractivity contribution is 9.10. The molecule has 0 radical (unpaired) electrons. The molecule has 2 aromatic carbocycles. The van der Waals surface area contributed by atoms with Crippen molar-refractivity contribution in [3.63, 3.8) is 0 Å². The number of amides is 1. The summed E-state index contributed by atoms with van der Waals surface area (Å²) in [5.74, 6) is -0.206. The number of hydrogen-bond acceptors (Lipinski definition) is 2. The van der Waals surface area contributed by atoms with Gasteiger partial charge in [-0.3, -0.25) is 4.79 Å². The molecule has 1 amide bonds. The highest BCUT2D eigenvalue weighted by Crippen LogP contribution is 2.11. The molecule has 0 heterocycles. The van der Waals surface area contributed by atoms with Crippen molar-refractivity contribution in [1.29, 1.82) is 0 Å². The summed E-state index contributed by atoms with van der Waals surface area (Å²) in [5, 5.41) is 3.95. The molecule has 1 N–H and O–H groups in total. The Morgan fingerprint density at radius 1 is 1.15 bits per heavy atom. The van der Waals surface area contributed by atoms with Gasteiger partial charge in [0.15, 0.2) is 0 Å². The van der Waals surface area contributed by atoms with Crippen LogP contribution in [-0.2, 0) is 6.42 Å². The van der Waals surface area contributed by atoms with Crippen molar-refractivity contribution in [1.82, 2.24) is 5.43 Å². The molecule has 3 nitrogen and oxygen atoms in total. The van der Waals surface area contributed by atoms with Crippen molar-refractivity contribution < 1.29 is 4.79 Å². The molecule has 4 heteroatoms. The summed E-state index contributed by atoms with van der Waals surface area (Å²) in [7, 11) is 0. The minimum atomic E-state index is -0.206. The monoisotopic (exact) mass is 330 g/mol. The summed E-state index contributed by atoms with van der Waals surface area (Å²) in [6.45, 7) is 0. The number of nitrogens with zero attached hydrogens (tertiary/aromatic N) is 1. The second kappa shape index (κ2) is 7.60. The van der Waals surface area contributed by atoms with Gasteiger partial charge >= 0.3 is 0 Å². The number of hydrogen-bond donors (Lipinski definition) is 1. The maximum atomic E-state index is 11.8. The van der Waals surface area contributed by atoms with Gasteiger partial charge in [-0.1, -0.05) is 52.3 Å². The first-order valence-corrected chi connectivity index (χ1v) is 7.16. The predicted octanol–water partition coefficient (Wildman–Crippen LogP) is 3.80. The van der Waals surface area contributed by atoms with E-state index in [0.29, 0.717) is 5.56 Å². The lowest BCUT2D eigenvalue weighted by atomic mass is 10.1. The summed E-state index contributed by atoms with van der Waals surface area (Å²) >= 11 is 3.33. The van der Waals surface area contributed by atoms with Crippen LogP contribution in [0.3, 0.4) is 0 Å². The zero-order valence-corrected chi connectivity index (χ0v) is 12.5. The fourth-order valence-corrected chi connectivity index (χ4v) is 2.14. The van der Waals surface area contributed by atoms with Crippen LogP contribution in [0.2, 0.25) is 0 Å². The van der Waals surface area contributed by atoms with E-state index < -0.39 is 0 Å². The smallest absolute Gasteiger partial charge is 0.267 e. The average molecular weight is 331 g/mol. The highest BCUT2D eigenvalue weighted by Gasteiger charge is 2.03. The van der Waals surface area contributed by atoms with Crippen LogP contribution in [0.4, 0.5) is 0 Å². The van der Waals surface area contributed by atoms with Gasteiger partial charge in [0.25, 0.3) is 5.91 Å². The van der Waals surface area contributed by atoms with E-state index in [4.69, 9.17) is 0 Å². The van der Waals surface area contributed by atoms with Crippen molar-refractivity contribution in [3.8, 4) is 0 Å². The van der Waals surface area contributed by atoms with Gasteiger partial charge in [0, 0.05) is 16.3 Å². The van der Waals surface area contributed by atoms with Crippen LogP contribution in [-0.4, -0.2) is 12.1 Å². The molecule has 0 bridgehead atoms. The maximum absolute atomic E-state index is 11.8. The molecule has 0 aliphatic rings. The molecule has 0 aliphatic carbocycles. The van der Waals surface area contributed by atoms with E-state index in [2.05, 4.69) is 38.6 Å². The second-order valence-corrected chi connectivity index (χ2v) is 5.20. The SMILES string of the molecule is O=C(N/N=C/CCc1ccccc1)c1cccc(Br)c1. The Hall–Kier alpha value is -1.94. The number of nitrogens with one attached hydrogen (secondary N) is 1. The Bertz CT molecular complexity index is 596. The fourth-order valence-electron chi connectivity index (χ4n) is 1.74. The van der Waals surface area contributed by atoms with E-state index in [1.165, 1.54) is 5.56 Å². The normalized spacial score (nSPS) is 10.7. The van der Waals surface area contributed by atoms with Crippen LogP contribution in [0.1, 0.15) is 22.3 Å². The zero-order valence-electron chi connectivity index (χ0n) is 10.9. The van der Waals surface area contributed by atoms with Crippen molar-refractivity contribution in [3.05, 3.63) is 70.2 Å². The molecule has 0 fully saturated rings. The Kier molecular flexibility index (Phi) is 5.50. The van der Waals surface area contributed by atoms with Gasteiger partial charge in [-0.25, -0.2) is 5.43 Å². The quantitative estimate of drug-likeness (QED) is 0.657. The van der Waals surface area contributed by atoms with Crippen molar-refractivity contribution in [2.75, 3.05) is 0 Å². The van der Waals surface area contributed by atoms with Gasteiger partial charge in [-0.2, -0.15) is 5.10 Å². The van der Waals surface area contributed by atoms with Gasteiger partial charge in [-0.05, 0) is 36.6 Å². The molecule has 102 valence electrons. The van der Waals surface area contributed by atoms with E-state index in [-0.39, 0.29) is 5.91 Å². The van der Waals surface area contributed by atoms with Gasteiger partial charge in [0.2, 0.25) is 0 Å². The number of carbonyl (C=O) groups is 1. The van der Waals surface area contributed by atoms with E-state index in [9.17, 15) is 4.79 Å². The van der Waals surface area contributed by atoms with E-state index in [1.54, 1.807) is 18.3 Å². The Labute approximate surface area is 126 Å². The lowest BCUT2D eigenvalue weighted by Gasteiger charge is -2.00. The van der Waals surface area contributed by atoms with Crippen LogP contribution in [0.15, 0.2) is 64.2 Å². The summed E-state index contributed by atoms with van der Waals surface area (Å²) in [5.41, 5.74) is 4.37. The third kappa shape index (κ3) is 4.63. The molecule has 2 aromatic rings. The van der Waals surface area contributed by atoms with Crippen LogP contribution < -0.4 is 5.43 Å². The van der Waals surface area contributed by atoms with Crippen LogP contribution >= 0.6 is 15.9 Å². The molecule has 0 unspecified atom stereocenters. The number of rotatable bonds is 5. The minimum absolute atomic E-state index is 0.206. The molecule has 2 rings (SSSR count). The predicted molar refractivity (Wildman–Crippen MR) is 84.9 cm³/mol. The number of hydrazone groups is 1. The van der Waals surface area contributed by atoms with Crippen LogP contribution in [0, 0.1) is 0 Å². The molecule has 0 atom stereocenters. The third-order valence-electron chi connectivity index (χ3n) is 2.75. The Balaban J connectivity index is 1.77. The topological polar surface area (TPSA) is 41.5 Å². The third-order valence-corrected chi connectivity index (χ3v) is 3.24. The largest absolute Gasteiger partial charge is 0.271 e. The Morgan fingerprint density at radius 3 is 2.70 bits per heavy atom. The van der Waals surface area contributed by atoms with Gasteiger partial charge in [0.1, 0.15) is 0 Å². The first-order chi connectivity index (χ1) is 9.75. The molecule has 0 aliphatic heterocycles. The summed E-state index contributed by atoms with van der Waals surface area (Å²) in [4.78, 5) is 11.8. The van der Waals surface area contributed by atoms with Gasteiger partial charge < -0.3 is 0 Å². The first-order valence-electron chi connectivity index (χ1n) is 6.37. The maximum Gasteiger partial charge on any atom is 0.271 e. The number of benzene rings is 2. The first kappa shape index (κ1) is 14.5. The van der Waals surface area contributed by atoms with Crippen LogP contribution in [0.25, 0.3) is 0 Å². The number of aryl methyl sites for hydroxylation is 1. The molecular weight excluding hydrogens is 316 g/mol. The average Bonchev–Trinajstić information content (AvgIpc) is 2.48. The molecule has 0 saturated carbocycles. The molecular formula is C16H15BrN2O. The van der Waals surface area contributed by atoms with Crippen LogP contribution in [0.5, 0.6) is 0 Å². The zero-order chi connectivity index (χ0) is 14.2. The van der Waals surface area contributed by atoms with E-state index in [0.717, 1.165) is 17.3 Å².